The van der Waals surface area contributed by atoms with Crippen LogP contribution < -0.4 is 11.1 Å². The molecular weight excluding hydrogens is 240 g/mol. The highest BCUT2D eigenvalue weighted by atomic mass is 35.5. The summed E-state index contributed by atoms with van der Waals surface area (Å²) >= 11 is 5.74. The molecule has 1 aliphatic carbocycles. The van der Waals surface area contributed by atoms with E-state index in [2.05, 4.69) is 5.32 Å². The van der Waals surface area contributed by atoms with Crippen molar-refractivity contribution in [3.63, 3.8) is 0 Å². The molecule has 2 rings (SSSR count). The molecule has 2 unspecified atom stereocenters. The number of anilines is 1. The second-order valence-electron chi connectivity index (χ2n) is 4.23. The smallest absolute Gasteiger partial charge is 0.411 e. The van der Waals surface area contributed by atoms with Gasteiger partial charge in [0.2, 0.25) is 0 Å². The van der Waals surface area contributed by atoms with E-state index in [0.717, 1.165) is 19.3 Å². The molecule has 0 heterocycles. The first-order valence-corrected chi connectivity index (χ1v) is 6.00. The third kappa shape index (κ3) is 3.61. The lowest BCUT2D eigenvalue weighted by Gasteiger charge is -2.12. The zero-order valence-electron chi connectivity index (χ0n) is 9.36. The number of carbonyl (C=O) groups is 1. The molecular formula is C12H15ClN2O2. The Bertz CT molecular complexity index is 394. The first kappa shape index (κ1) is 12.2. The number of rotatable bonds is 2. The highest BCUT2D eigenvalue weighted by Crippen LogP contribution is 2.21. The quantitative estimate of drug-likeness (QED) is 0.853. The molecule has 1 aromatic rings. The molecule has 3 N–H and O–H groups in total. The van der Waals surface area contributed by atoms with Gasteiger partial charge < -0.3 is 10.5 Å². The van der Waals surface area contributed by atoms with Gasteiger partial charge in [-0.15, -0.1) is 0 Å². The molecule has 0 aliphatic heterocycles. The Morgan fingerprint density at radius 2 is 2.06 bits per heavy atom. The molecule has 1 saturated carbocycles. The summed E-state index contributed by atoms with van der Waals surface area (Å²) in [5.74, 6) is 0. The van der Waals surface area contributed by atoms with Crippen LogP contribution in [0.2, 0.25) is 5.02 Å². The van der Waals surface area contributed by atoms with Gasteiger partial charge in [-0.3, -0.25) is 5.32 Å². The second kappa shape index (κ2) is 5.38. The Balaban J connectivity index is 1.83. The topological polar surface area (TPSA) is 64.3 Å². The molecule has 17 heavy (non-hydrogen) atoms. The van der Waals surface area contributed by atoms with Crippen molar-refractivity contribution < 1.29 is 9.53 Å². The monoisotopic (exact) mass is 254 g/mol. The van der Waals surface area contributed by atoms with Gasteiger partial charge in [0.25, 0.3) is 0 Å². The van der Waals surface area contributed by atoms with Crippen LogP contribution in [-0.2, 0) is 4.74 Å². The minimum atomic E-state index is -0.438. The van der Waals surface area contributed by atoms with Gasteiger partial charge in [0.05, 0.1) is 0 Å². The molecule has 5 heteroatoms. The lowest BCUT2D eigenvalue weighted by Crippen LogP contribution is -2.22. The van der Waals surface area contributed by atoms with E-state index in [9.17, 15) is 4.79 Å². The highest BCUT2D eigenvalue weighted by molar-refractivity contribution is 6.30. The maximum atomic E-state index is 11.6. The number of hydrogen-bond donors (Lipinski definition) is 2. The maximum Gasteiger partial charge on any atom is 0.411 e. The molecule has 0 spiro atoms. The summed E-state index contributed by atoms with van der Waals surface area (Å²) in [6.07, 6.45) is 2.01. The Kier molecular flexibility index (Phi) is 3.86. The Morgan fingerprint density at radius 1 is 1.35 bits per heavy atom. The Morgan fingerprint density at radius 3 is 2.65 bits per heavy atom. The van der Waals surface area contributed by atoms with Crippen molar-refractivity contribution in [3.8, 4) is 0 Å². The van der Waals surface area contributed by atoms with Gasteiger partial charge >= 0.3 is 6.09 Å². The molecule has 1 amide bonds. The zero-order chi connectivity index (χ0) is 12.3. The largest absolute Gasteiger partial charge is 0.446 e. The zero-order valence-corrected chi connectivity index (χ0v) is 10.1. The van der Waals surface area contributed by atoms with E-state index in [-0.39, 0.29) is 12.1 Å². The maximum absolute atomic E-state index is 11.6. The van der Waals surface area contributed by atoms with E-state index in [1.54, 1.807) is 24.3 Å². The van der Waals surface area contributed by atoms with Gasteiger partial charge in [-0.2, -0.15) is 0 Å². The highest BCUT2D eigenvalue weighted by Gasteiger charge is 2.24. The number of hydrogen-bond acceptors (Lipinski definition) is 3. The van der Waals surface area contributed by atoms with Gasteiger partial charge in [-0.25, -0.2) is 4.79 Å². The van der Waals surface area contributed by atoms with Gasteiger partial charge in [0.15, 0.2) is 0 Å². The van der Waals surface area contributed by atoms with Crippen LogP contribution in [0.1, 0.15) is 19.3 Å². The summed E-state index contributed by atoms with van der Waals surface area (Å²) in [7, 11) is 0. The SMILES string of the molecule is NC1CCC(OC(=O)Nc2ccc(Cl)cc2)C1. The lowest BCUT2D eigenvalue weighted by molar-refractivity contribution is 0.114. The summed E-state index contributed by atoms with van der Waals surface area (Å²) in [4.78, 5) is 11.6. The fourth-order valence-corrected chi connectivity index (χ4v) is 2.04. The Labute approximate surface area is 105 Å². The first-order chi connectivity index (χ1) is 8.13. The van der Waals surface area contributed by atoms with Gasteiger partial charge in [-0.1, -0.05) is 11.6 Å². The summed E-state index contributed by atoms with van der Waals surface area (Å²) in [5.41, 5.74) is 6.41. The third-order valence-electron chi connectivity index (χ3n) is 2.79. The average Bonchev–Trinajstić information content (AvgIpc) is 2.67. The molecule has 1 aromatic carbocycles. The fraction of sp³-hybridized carbons (Fsp3) is 0.417. The normalized spacial score (nSPS) is 23.4. The van der Waals surface area contributed by atoms with Crippen LogP contribution in [0.25, 0.3) is 0 Å². The third-order valence-corrected chi connectivity index (χ3v) is 3.04. The minimum Gasteiger partial charge on any atom is -0.446 e. The molecule has 1 aliphatic rings. The standard InChI is InChI=1S/C12H15ClN2O2/c13-8-1-4-10(5-2-8)15-12(16)17-11-6-3-9(14)7-11/h1-2,4-5,9,11H,3,6-7,14H2,(H,15,16). The van der Waals surface area contributed by atoms with E-state index in [1.807, 2.05) is 0 Å². The fourth-order valence-electron chi connectivity index (χ4n) is 1.91. The first-order valence-electron chi connectivity index (χ1n) is 5.62. The van der Waals surface area contributed by atoms with E-state index >= 15 is 0 Å². The molecule has 4 nitrogen and oxygen atoms in total. The molecule has 0 aromatic heterocycles. The molecule has 0 saturated heterocycles. The van der Waals surface area contributed by atoms with Crippen LogP contribution in [0.15, 0.2) is 24.3 Å². The van der Waals surface area contributed by atoms with Gasteiger partial charge in [-0.05, 0) is 43.5 Å². The summed E-state index contributed by atoms with van der Waals surface area (Å²) in [5, 5.41) is 3.28. The van der Waals surface area contributed by atoms with Crippen LogP contribution >= 0.6 is 11.6 Å². The molecule has 1 fully saturated rings. The number of carbonyl (C=O) groups excluding carboxylic acids is 1. The van der Waals surface area contributed by atoms with Crippen molar-refractivity contribution in [3.05, 3.63) is 29.3 Å². The number of ether oxygens (including phenoxy) is 1. The number of amides is 1. The van der Waals surface area contributed by atoms with Gasteiger partial charge in [0, 0.05) is 16.8 Å². The van der Waals surface area contributed by atoms with E-state index < -0.39 is 6.09 Å². The average molecular weight is 255 g/mol. The van der Waals surface area contributed by atoms with Crippen molar-refractivity contribution in [2.75, 3.05) is 5.32 Å². The van der Waals surface area contributed by atoms with E-state index in [4.69, 9.17) is 22.1 Å². The molecule has 92 valence electrons. The molecule has 0 bridgehead atoms. The van der Waals surface area contributed by atoms with Crippen LogP contribution in [0.5, 0.6) is 0 Å². The van der Waals surface area contributed by atoms with Crippen LogP contribution in [0, 0.1) is 0 Å². The second-order valence-corrected chi connectivity index (χ2v) is 4.67. The predicted molar refractivity (Wildman–Crippen MR) is 67.2 cm³/mol. The van der Waals surface area contributed by atoms with Gasteiger partial charge in [0.1, 0.15) is 6.10 Å². The van der Waals surface area contributed by atoms with Crippen LogP contribution in [-0.4, -0.2) is 18.2 Å². The Hall–Kier alpha value is -1.26. The van der Waals surface area contributed by atoms with Crippen molar-refractivity contribution >= 4 is 23.4 Å². The number of nitrogens with one attached hydrogen (secondary N) is 1. The van der Waals surface area contributed by atoms with Crippen molar-refractivity contribution in [1.29, 1.82) is 0 Å². The minimum absolute atomic E-state index is 0.0581. The summed E-state index contributed by atoms with van der Waals surface area (Å²) in [6.45, 7) is 0. The number of halogens is 1. The number of nitrogens with two attached hydrogens (primary N) is 1. The summed E-state index contributed by atoms with van der Waals surface area (Å²) < 4.78 is 5.25. The van der Waals surface area contributed by atoms with Crippen molar-refractivity contribution in [1.82, 2.24) is 0 Å². The predicted octanol–water partition coefficient (Wildman–Crippen LogP) is 2.77. The van der Waals surface area contributed by atoms with Crippen LogP contribution in [0.3, 0.4) is 0 Å². The number of benzene rings is 1. The van der Waals surface area contributed by atoms with Crippen LogP contribution in [0.4, 0.5) is 10.5 Å². The molecule has 0 radical (unpaired) electrons. The van der Waals surface area contributed by atoms with Crippen molar-refractivity contribution in [2.45, 2.75) is 31.4 Å². The summed E-state index contributed by atoms with van der Waals surface area (Å²) in [6, 6.07) is 7.03. The lowest BCUT2D eigenvalue weighted by atomic mass is 10.3. The van der Waals surface area contributed by atoms with Crippen molar-refractivity contribution in [2.24, 2.45) is 5.73 Å². The van der Waals surface area contributed by atoms with E-state index in [1.165, 1.54) is 0 Å². The molecule has 2 atom stereocenters. The van der Waals surface area contributed by atoms with E-state index in [0.29, 0.717) is 10.7 Å².